The highest BCUT2D eigenvalue weighted by Gasteiger charge is 2.12. The van der Waals surface area contributed by atoms with Crippen molar-refractivity contribution in [1.82, 2.24) is 15.2 Å². The van der Waals surface area contributed by atoms with E-state index in [1.54, 1.807) is 12.1 Å². The molecular formula is C13H22ClN5O. The maximum atomic E-state index is 12.0. The number of nitrogen functional groups attached to an aromatic ring is 1. The predicted molar refractivity (Wildman–Crippen MR) is 81.8 cm³/mol. The number of nitrogens with one attached hydrogen (secondary N) is 2. The number of hydrazine groups is 1. The van der Waals surface area contributed by atoms with Crippen molar-refractivity contribution in [1.29, 1.82) is 0 Å². The van der Waals surface area contributed by atoms with Crippen LogP contribution in [0.4, 0.5) is 5.82 Å². The molecule has 4 N–H and O–H groups in total. The summed E-state index contributed by atoms with van der Waals surface area (Å²) in [6.45, 7) is 5.76. The van der Waals surface area contributed by atoms with Gasteiger partial charge in [-0.2, -0.15) is 0 Å². The second-order valence-electron chi connectivity index (χ2n) is 4.86. The zero-order valence-corrected chi connectivity index (χ0v) is 12.9. The summed E-state index contributed by atoms with van der Waals surface area (Å²) in [6, 6.07) is 3.69. The fourth-order valence-electron chi connectivity index (χ4n) is 1.55. The molecule has 20 heavy (non-hydrogen) atoms. The first-order valence-electron chi connectivity index (χ1n) is 6.57. The number of aromatic nitrogens is 1. The van der Waals surface area contributed by atoms with Crippen molar-refractivity contribution in [2.45, 2.75) is 26.3 Å². The van der Waals surface area contributed by atoms with E-state index in [1.807, 2.05) is 0 Å². The molecule has 1 amide bonds. The molecule has 7 heteroatoms. The Bertz CT molecular complexity index is 452. The van der Waals surface area contributed by atoms with Gasteiger partial charge in [0.05, 0.1) is 5.02 Å². The first-order valence-corrected chi connectivity index (χ1v) is 6.95. The van der Waals surface area contributed by atoms with Gasteiger partial charge in [0.1, 0.15) is 11.5 Å². The van der Waals surface area contributed by atoms with Crippen LogP contribution in [0.5, 0.6) is 0 Å². The fourth-order valence-corrected chi connectivity index (χ4v) is 1.75. The Labute approximate surface area is 124 Å². The lowest BCUT2D eigenvalue weighted by Gasteiger charge is -2.20. The lowest BCUT2D eigenvalue weighted by Crippen LogP contribution is -2.31. The molecule has 0 aliphatic rings. The minimum atomic E-state index is -0.292. The number of nitrogens with zero attached hydrogens (tertiary/aromatic N) is 2. The van der Waals surface area contributed by atoms with E-state index in [2.05, 4.69) is 41.5 Å². The van der Waals surface area contributed by atoms with Crippen molar-refractivity contribution in [3.8, 4) is 0 Å². The molecule has 1 aromatic heterocycles. The number of anilines is 1. The zero-order valence-electron chi connectivity index (χ0n) is 12.1. The lowest BCUT2D eigenvalue weighted by molar-refractivity contribution is 0.0947. The van der Waals surface area contributed by atoms with Crippen molar-refractivity contribution in [2.24, 2.45) is 5.84 Å². The maximum Gasteiger partial charge on any atom is 0.271 e. The molecule has 0 fully saturated rings. The summed E-state index contributed by atoms with van der Waals surface area (Å²) in [4.78, 5) is 18.2. The number of carbonyl (C=O) groups excluding carboxylic acids is 1. The quantitative estimate of drug-likeness (QED) is 0.403. The van der Waals surface area contributed by atoms with Crippen molar-refractivity contribution < 1.29 is 4.79 Å². The molecule has 0 radical (unpaired) electrons. The highest BCUT2D eigenvalue weighted by molar-refractivity contribution is 6.33. The molecule has 0 saturated heterocycles. The first-order chi connectivity index (χ1) is 9.45. The van der Waals surface area contributed by atoms with Gasteiger partial charge in [-0.3, -0.25) is 4.79 Å². The Hall–Kier alpha value is -1.37. The summed E-state index contributed by atoms with van der Waals surface area (Å²) in [7, 11) is 2.06. The largest absolute Gasteiger partial charge is 0.351 e. The summed E-state index contributed by atoms with van der Waals surface area (Å²) in [6.07, 6.45) is 0.868. The van der Waals surface area contributed by atoms with Crippen LogP contribution < -0.4 is 16.6 Å². The Morgan fingerprint density at radius 2 is 2.20 bits per heavy atom. The summed E-state index contributed by atoms with van der Waals surface area (Å²) >= 11 is 5.95. The van der Waals surface area contributed by atoms with Gasteiger partial charge in [0, 0.05) is 12.6 Å². The number of hydrogen-bond donors (Lipinski definition) is 3. The second-order valence-corrected chi connectivity index (χ2v) is 5.26. The van der Waals surface area contributed by atoms with E-state index >= 15 is 0 Å². The van der Waals surface area contributed by atoms with Crippen LogP contribution in [0.25, 0.3) is 0 Å². The van der Waals surface area contributed by atoms with Gasteiger partial charge in [-0.1, -0.05) is 11.6 Å². The molecule has 0 saturated carbocycles. The van der Waals surface area contributed by atoms with Crippen LogP contribution in [0.3, 0.4) is 0 Å². The lowest BCUT2D eigenvalue weighted by atomic mass is 10.3. The van der Waals surface area contributed by atoms with Gasteiger partial charge in [-0.05, 0) is 46.0 Å². The zero-order chi connectivity index (χ0) is 15.1. The third-order valence-electron chi connectivity index (χ3n) is 3.06. The van der Waals surface area contributed by atoms with Gasteiger partial charge >= 0.3 is 0 Å². The van der Waals surface area contributed by atoms with Crippen LogP contribution in [0.15, 0.2) is 12.1 Å². The van der Waals surface area contributed by atoms with Crippen LogP contribution in [-0.4, -0.2) is 42.0 Å². The first kappa shape index (κ1) is 16.7. The van der Waals surface area contributed by atoms with Gasteiger partial charge in [-0.25, -0.2) is 10.8 Å². The predicted octanol–water partition coefficient (Wildman–Crippen LogP) is 1.48. The molecule has 0 unspecified atom stereocenters. The summed E-state index contributed by atoms with van der Waals surface area (Å²) in [5.74, 6) is 5.37. The number of halogens is 1. The van der Waals surface area contributed by atoms with Crippen LogP contribution in [0, 0.1) is 0 Å². The summed E-state index contributed by atoms with van der Waals surface area (Å²) in [5, 5.41) is 3.11. The Balaban J connectivity index is 2.47. The minimum Gasteiger partial charge on any atom is -0.351 e. The standard InChI is InChI=1S/C13H22ClN5O/c1-9(2)19(3)8-4-7-16-13(20)12-10(14)5-6-11(17-12)18-15/h5-6,9H,4,7-8,15H2,1-3H3,(H,16,20)(H,17,18). The van der Waals surface area contributed by atoms with E-state index in [0.29, 0.717) is 23.4 Å². The summed E-state index contributed by atoms with van der Waals surface area (Å²) < 4.78 is 0. The molecule has 1 heterocycles. The highest BCUT2D eigenvalue weighted by atomic mass is 35.5. The smallest absolute Gasteiger partial charge is 0.271 e. The van der Waals surface area contributed by atoms with E-state index in [9.17, 15) is 4.79 Å². The molecule has 0 bridgehead atoms. The molecule has 0 aliphatic carbocycles. The van der Waals surface area contributed by atoms with Gasteiger partial charge in [-0.15, -0.1) is 0 Å². The third kappa shape index (κ3) is 4.96. The SMILES string of the molecule is CC(C)N(C)CCCNC(=O)c1nc(NN)ccc1Cl. The van der Waals surface area contributed by atoms with Gasteiger partial charge in [0.25, 0.3) is 5.91 Å². The van der Waals surface area contributed by atoms with Crippen LogP contribution in [0.2, 0.25) is 5.02 Å². The molecular weight excluding hydrogens is 278 g/mol. The average molecular weight is 300 g/mol. The van der Waals surface area contributed by atoms with E-state index in [1.165, 1.54) is 0 Å². The van der Waals surface area contributed by atoms with Crippen molar-refractivity contribution in [3.63, 3.8) is 0 Å². The van der Waals surface area contributed by atoms with Gasteiger partial charge in [0.2, 0.25) is 0 Å². The van der Waals surface area contributed by atoms with Crippen LogP contribution >= 0.6 is 11.6 Å². The number of amides is 1. The number of hydrogen-bond acceptors (Lipinski definition) is 5. The van der Waals surface area contributed by atoms with Crippen molar-refractivity contribution in [2.75, 3.05) is 25.6 Å². The molecule has 1 aromatic rings. The number of carbonyl (C=O) groups is 1. The monoisotopic (exact) mass is 299 g/mol. The van der Waals surface area contributed by atoms with Crippen molar-refractivity contribution >= 4 is 23.3 Å². The molecule has 112 valence electrons. The molecule has 6 nitrogen and oxygen atoms in total. The van der Waals surface area contributed by atoms with Gasteiger partial charge < -0.3 is 15.6 Å². The third-order valence-corrected chi connectivity index (χ3v) is 3.37. The van der Waals surface area contributed by atoms with Crippen molar-refractivity contribution in [3.05, 3.63) is 22.8 Å². The van der Waals surface area contributed by atoms with E-state index in [-0.39, 0.29) is 11.6 Å². The Kier molecular flexibility index (Phi) is 6.70. The fraction of sp³-hybridized carbons (Fsp3) is 0.538. The van der Waals surface area contributed by atoms with E-state index < -0.39 is 0 Å². The number of rotatable bonds is 7. The number of nitrogens with two attached hydrogens (primary N) is 1. The molecule has 0 aliphatic heterocycles. The topological polar surface area (TPSA) is 83.3 Å². The maximum absolute atomic E-state index is 12.0. The second kappa shape index (κ2) is 8.04. The summed E-state index contributed by atoms with van der Waals surface area (Å²) in [5.41, 5.74) is 2.57. The number of pyridine rings is 1. The Morgan fingerprint density at radius 3 is 2.80 bits per heavy atom. The van der Waals surface area contributed by atoms with E-state index in [0.717, 1.165) is 13.0 Å². The molecule has 0 aromatic carbocycles. The highest BCUT2D eigenvalue weighted by Crippen LogP contribution is 2.15. The molecule has 0 spiro atoms. The molecule has 0 atom stereocenters. The van der Waals surface area contributed by atoms with E-state index in [4.69, 9.17) is 17.4 Å². The Morgan fingerprint density at radius 1 is 1.50 bits per heavy atom. The van der Waals surface area contributed by atoms with Crippen LogP contribution in [-0.2, 0) is 0 Å². The van der Waals surface area contributed by atoms with Crippen LogP contribution in [0.1, 0.15) is 30.8 Å². The molecule has 1 rings (SSSR count). The minimum absolute atomic E-state index is 0.180. The van der Waals surface area contributed by atoms with Gasteiger partial charge in [0.15, 0.2) is 0 Å². The average Bonchev–Trinajstić information content (AvgIpc) is 2.43. The normalized spacial score (nSPS) is 10.9.